The van der Waals surface area contributed by atoms with Crippen molar-refractivity contribution in [1.29, 1.82) is 5.26 Å². The molecule has 136 heavy (non-hydrogen) atoms. The fraction of sp³-hybridized carbons (Fsp3) is 0.0763. The second-order valence-electron chi connectivity index (χ2n) is 38.3. The van der Waals surface area contributed by atoms with Crippen molar-refractivity contribution in [3.05, 3.63) is 483 Å². The summed E-state index contributed by atoms with van der Waals surface area (Å²) in [4.78, 5) is 9.36. The lowest BCUT2D eigenvalue weighted by Gasteiger charge is -2.28. The van der Waals surface area contributed by atoms with Gasteiger partial charge in [0, 0.05) is 67.9 Å². The molecule has 0 aliphatic heterocycles. The fourth-order valence-electron chi connectivity index (χ4n) is 21.3. The Morgan fingerprint density at radius 3 is 0.794 bits per heavy atom. The maximum atomic E-state index is 9.76. The van der Waals surface area contributed by atoms with Gasteiger partial charge in [0.05, 0.1) is 17.3 Å². The molecule has 0 unspecified atom stereocenters. The standard InChI is InChI=1S/C67H45N3.C64H54N2/c1-43-39-61(46-27-33-51(34-28-46)69(49-16-5-3-6-17-49)50-18-7-4-8-19-50)64-59-23-13-14-24-60(59)65-62(40-44(2)55-38-37-54(43)66(64)67(55)65)47-29-35-53(36-30-47)70(52-31-25-45(42-68)26-32-52)63-41-48-15-9-10-20-56(48)57-21-11-12-22-58(57)63;1-63(2,3)45-25-33-51(34-26-45)65(47-15-9-7-10-16-47)49-29-21-43(22-30-49)53-37-39-59-55-19-13-14-20-56(55)60-40-38-54(58-42-41-57(53)61(59)62(58)60)44-23-31-50(32-24-44)66(48-17-11-8-12-18-48)52-35-27-46(28-36-52)64(4,5)6/h3-41H,1-2H3;7-42H,1-6H3. The number of fused-ring (bicyclic) bond motifs is 9. The van der Waals surface area contributed by atoms with Gasteiger partial charge in [0.15, 0.2) is 0 Å². The molecule has 0 spiro atoms. The highest BCUT2D eigenvalue weighted by Gasteiger charge is 2.28. The van der Waals surface area contributed by atoms with Crippen molar-refractivity contribution in [3.8, 4) is 50.6 Å². The Balaban J connectivity index is 0.000000153. The van der Waals surface area contributed by atoms with E-state index in [9.17, 15) is 5.26 Å². The van der Waals surface area contributed by atoms with Gasteiger partial charge in [0.2, 0.25) is 0 Å². The maximum Gasteiger partial charge on any atom is 0.0991 e. The third kappa shape index (κ3) is 14.7. The minimum Gasteiger partial charge on any atom is -0.311 e. The molecular formula is C131H99N5. The van der Waals surface area contributed by atoms with Crippen molar-refractivity contribution < 1.29 is 0 Å². The Morgan fingerprint density at radius 2 is 0.449 bits per heavy atom. The number of nitrogens with zero attached hydrogens (tertiary/aromatic N) is 5. The fourth-order valence-corrected chi connectivity index (χ4v) is 21.3. The van der Waals surface area contributed by atoms with Gasteiger partial charge in [-0.3, -0.25) is 0 Å². The lowest BCUT2D eigenvalue weighted by molar-refractivity contribution is 0.590. The summed E-state index contributed by atoms with van der Waals surface area (Å²) in [6, 6.07) is 169. The minimum absolute atomic E-state index is 0.0866. The summed E-state index contributed by atoms with van der Waals surface area (Å²) < 4.78 is 0. The number of hydrogen-bond acceptors (Lipinski definition) is 5. The first-order valence-corrected chi connectivity index (χ1v) is 47.2. The molecule has 0 aliphatic rings. The topological polar surface area (TPSA) is 36.8 Å². The van der Waals surface area contributed by atoms with Crippen LogP contribution in [0.5, 0.6) is 0 Å². The van der Waals surface area contributed by atoms with E-state index in [4.69, 9.17) is 0 Å². The summed E-state index contributed by atoms with van der Waals surface area (Å²) in [6.45, 7) is 18.1. The second kappa shape index (κ2) is 34.0. The van der Waals surface area contributed by atoms with Gasteiger partial charge in [-0.25, -0.2) is 0 Å². The molecule has 0 saturated heterocycles. The van der Waals surface area contributed by atoms with Crippen molar-refractivity contribution in [3.63, 3.8) is 0 Å². The monoisotopic (exact) mass is 1740 g/mol. The SMILES string of the molecule is CC(C)(C)c1ccc(N(c2ccccc2)c2ccc(-c3ccc4c5ccccc5c5ccc(-c6ccc(N(c7ccccc7)c7ccc(C(C)(C)C)cc7)cc6)c6ccc3c4c65)cc2)cc1.Cc1cc(-c2ccc(N(c3ccccc3)c3ccccc3)cc2)c2c3ccccc3c3c(-c4ccc(N(c5ccc(C#N)cc5)c5cc6ccccc6c6ccccc56)cc4)cc(C)c4ccc1c2c43. The first kappa shape index (κ1) is 83.4. The van der Waals surface area contributed by atoms with Crippen molar-refractivity contribution in [2.45, 2.75) is 66.2 Å². The van der Waals surface area contributed by atoms with Crippen LogP contribution in [0.3, 0.4) is 0 Å². The van der Waals surface area contributed by atoms with Crippen LogP contribution in [-0.2, 0) is 10.8 Å². The Bertz CT molecular complexity index is 8400. The van der Waals surface area contributed by atoms with E-state index < -0.39 is 0 Å². The number of aryl methyl sites for hydroxylation is 2. The quantitative estimate of drug-likeness (QED) is 0.0712. The molecule has 0 atom stereocenters. The number of hydrogen-bond donors (Lipinski definition) is 0. The van der Waals surface area contributed by atoms with Gasteiger partial charge in [0.25, 0.3) is 0 Å². The summed E-state index contributed by atoms with van der Waals surface area (Å²) in [5, 5.41) is 35.1. The van der Waals surface area contributed by atoms with Gasteiger partial charge >= 0.3 is 0 Å². The van der Waals surface area contributed by atoms with E-state index in [1.54, 1.807) is 0 Å². The van der Waals surface area contributed by atoms with Crippen LogP contribution in [0.15, 0.2) is 455 Å². The molecule has 24 rings (SSSR count). The van der Waals surface area contributed by atoms with E-state index in [0.29, 0.717) is 5.56 Å². The molecule has 24 aromatic rings. The lowest BCUT2D eigenvalue weighted by Crippen LogP contribution is -2.13. The third-order valence-corrected chi connectivity index (χ3v) is 28.0. The first-order chi connectivity index (χ1) is 66.5. The average Bonchev–Trinajstić information content (AvgIpc) is 0.699. The molecule has 648 valence electrons. The van der Waals surface area contributed by atoms with Crippen LogP contribution in [-0.4, -0.2) is 0 Å². The average molecular weight is 1740 g/mol. The Kier molecular flexibility index (Phi) is 20.9. The number of para-hydroxylation sites is 4. The van der Waals surface area contributed by atoms with Gasteiger partial charge < -0.3 is 19.6 Å². The summed E-state index contributed by atoms with van der Waals surface area (Å²) >= 11 is 0. The van der Waals surface area contributed by atoms with Gasteiger partial charge in [-0.15, -0.1) is 0 Å². The molecule has 5 heteroatoms. The number of benzene rings is 24. The van der Waals surface area contributed by atoms with Crippen molar-refractivity contribution in [2.75, 3.05) is 19.6 Å². The first-order valence-electron chi connectivity index (χ1n) is 47.2. The van der Waals surface area contributed by atoms with Gasteiger partial charge in [-0.2, -0.15) is 5.26 Å². The predicted octanol–water partition coefficient (Wildman–Crippen LogP) is 37.4. The normalized spacial score (nSPS) is 11.8. The van der Waals surface area contributed by atoms with Crippen LogP contribution in [0.1, 0.15) is 69.4 Å². The van der Waals surface area contributed by atoms with Gasteiger partial charge in [0.1, 0.15) is 0 Å². The van der Waals surface area contributed by atoms with Crippen LogP contribution in [0.4, 0.5) is 68.2 Å². The molecule has 0 amide bonds. The molecule has 0 bridgehead atoms. The van der Waals surface area contributed by atoms with Crippen LogP contribution < -0.4 is 19.6 Å². The predicted molar refractivity (Wildman–Crippen MR) is 582 cm³/mol. The summed E-state index contributed by atoms with van der Waals surface area (Å²) in [5.41, 5.74) is 28.9. The highest BCUT2D eigenvalue weighted by atomic mass is 15.2. The zero-order valence-electron chi connectivity index (χ0n) is 77.5. The van der Waals surface area contributed by atoms with E-state index >= 15 is 0 Å². The molecule has 0 aromatic heterocycles. The molecule has 0 saturated carbocycles. The Labute approximate surface area is 794 Å². The molecule has 0 heterocycles. The number of rotatable bonds is 16. The Morgan fingerprint density at radius 1 is 0.191 bits per heavy atom. The van der Waals surface area contributed by atoms with E-state index in [2.05, 4.69) is 524 Å². The van der Waals surface area contributed by atoms with Crippen molar-refractivity contribution in [2.24, 2.45) is 0 Å². The zero-order chi connectivity index (χ0) is 92.0. The van der Waals surface area contributed by atoms with Crippen LogP contribution in [0, 0.1) is 25.2 Å². The lowest BCUT2D eigenvalue weighted by atomic mass is 9.81. The van der Waals surface area contributed by atoms with Crippen molar-refractivity contribution >= 4 is 176 Å². The highest BCUT2D eigenvalue weighted by Crippen LogP contribution is 2.54. The molecule has 5 nitrogen and oxygen atoms in total. The molecule has 0 radical (unpaired) electrons. The summed E-state index contributed by atoms with van der Waals surface area (Å²) in [7, 11) is 0. The Hall–Kier alpha value is -16.9. The van der Waals surface area contributed by atoms with Crippen molar-refractivity contribution in [1.82, 2.24) is 0 Å². The second-order valence-corrected chi connectivity index (χ2v) is 38.3. The van der Waals surface area contributed by atoms with Gasteiger partial charge in [-0.1, -0.05) is 345 Å². The van der Waals surface area contributed by atoms with E-state index in [1.165, 1.54) is 164 Å². The van der Waals surface area contributed by atoms with Crippen LogP contribution in [0.25, 0.3) is 152 Å². The van der Waals surface area contributed by atoms with Gasteiger partial charge in [-0.05, 0) is 345 Å². The largest absolute Gasteiger partial charge is 0.311 e. The van der Waals surface area contributed by atoms with E-state index in [0.717, 1.165) is 79.2 Å². The molecule has 24 aromatic carbocycles. The summed E-state index contributed by atoms with van der Waals surface area (Å²) in [6.07, 6.45) is 0. The van der Waals surface area contributed by atoms with E-state index in [1.807, 2.05) is 12.1 Å². The summed E-state index contributed by atoms with van der Waals surface area (Å²) in [5.74, 6) is 0. The molecule has 0 fully saturated rings. The number of anilines is 12. The zero-order valence-corrected chi connectivity index (χ0v) is 77.5. The minimum atomic E-state index is 0.0866. The maximum absolute atomic E-state index is 9.76. The molecular weight excluding hydrogens is 1640 g/mol. The molecule has 0 aliphatic carbocycles. The highest BCUT2D eigenvalue weighted by molar-refractivity contribution is 6.40. The molecule has 0 N–H and O–H groups in total. The number of nitriles is 1. The van der Waals surface area contributed by atoms with Crippen LogP contribution in [0.2, 0.25) is 0 Å². The smallest absolute Gasteiger partial charge is 0.0991 e. The van der Waals surface area contributed by atoms with E-state index in [-0.39, 0.29) is 10.8 Å². The van der Waals surface area contributed by atoms with Crippen LogP contribution >= 0.6 is 0 Å². The third-order valence-electron chi connectivity index (χ3n) is 28.0.